The van der Waals surface area contributed by atoms with Gasteiger partial charge in [0.05, 0.1) is 5.92 Å². The van der Waals surface area contributed by atoms with Gasteiger partial charge < -0.3 is 9.45 Å². The van der Waals surface area contributed by atoms with Crippen molar-refractivity contribution in [2.24, 2.45) is 0 Å². The first-order valence-corrected chi connectivity index (χ1v) is 11.0. The Morgan fingerprint density at radius 2 is 1.73 bits per heavy atom. The van der Waals surface area contributed by atoms with E-state index >= 15 is 0 Å². The zero-order chi connectivity index (χ0) is 21.3. The van der Waals surface area contributed by atoms with Gasteiger partial charge >= 0.3 is 0 Å². The second-order valence-corrected chi connectivity index (χ2v) is 8.45. The fourth-order valence-electron chi connectivity index (χ4n) is 4.16. The van der Waals surface area contributed by atoms with E-state index in [2.05, 4.69) is 0 Å². The van der Waals surface area contributed by atoms with Crippen LogP contribution in [0.2, 0.25) is 0 Å². The van der Waals surface area contributed by atoms with E-state index < -0.39 is 11.1 Å². The first kappa shape index (κ1) is 20.4. The van der Waals surface area contributed by atoms with Crippen LogP contribution >= 0.6 is 0 Å². The number of hydrogen-bond donors (Lipinski definition) is 0. The van der Waals surface area contributed by atoms with Gasteiger partial charge in [0.15, 0.2) is 0 Å². The van der Waals surface area contributed by atoms with E-state index in [1.54, 1.807) is 17.0 Å². The van der Waals surface area contributed by atoms with Crippen molar-refractivity contribution < 1.29 is 17.9 Å². The molecule has 0 aliphatic carbocycles. The molecule has 0 N–H and O–H groups in total. The second kappa shape index (κ2) is 8.50. The summed E-state index contributed by atoms with van der Waals surface area (Å²) in [5.41, 5.74) is 4.22. The van der Waals surface area contributed by atoms with E-state index in [1.165, 1.54) is 12.1 Å². The topological polar surface area (TPSA) is 60.4 Å². The normalized spacial score (nSPS) is 19.8. The van der Waals surface area contributed by atoms with E-state index in [-0.39, 0.29) is 29.3 Å². The fourth-order valence-corrected chi connectivity index (χ4v) is 4.74. The number of amides is 1. The lowest BCUT2D eigenvalue weighted by Gasteiger charge is -2.19. The monoisotopic (exact) mass is 422 g/mol. The quantitative estimate of drug-likeness (QED) is 0.572. The summed E-state index contributed by atoms with van der Waals surface area (Å²) in [5.74, 6) is -0.867. The van der Waals surface area contributed by atoms with Crippen LogP contribution in [0.3, 0.4) is 0 Å². The highest BCUT2D eigenvalue weighted by atomic mass is 32.2. The van der Waals surface area contributed by atoms with Gasteiger partial charge in [-0.05, 0) is 53.4 Å². The van der Waals surface area contributed by atoms with E-state index in [4.69, 9.17) is 0 Å². The van der Waals surface area contributed by atoms with Crippen molar-refractivity contribution >= 4 is 22.7 Å². The highest BCUT2D eigenvalue weighted by Gasteiger charge is 2.42. The molecule has 154 valence electrons. The molecule has 3 aromatic carbocycles. The maximum atomic E-state index is 13.4. The van der Waals surface area contributed by atoms with Crippen molar-refractivity contribution in [2.45, 2.75) is 24.5 Å². The number of benzene rings is 3. The Bertz CT molecular complexity index is 1090. The smallest absolute Gasteiger partial charge is 0.235 e. The van der Waals surface area contributed by atoms with Crippen LogP contribution in [-0.2, 0) is 21.6 Å². The van der Waals surface area contributed by atoms with Crippen molar-refractivity contribution in [2.75, 3.05) is 11.4 Å². The molecule has 1 aliphatic rings. The molecule has 1 saturated heterocycles. The summed E-state index contributed by atoms with van der Waals surface area (Å²) in [4.78, 5) is 15.1. The number of anilines is 1. The summed E-state index contributed by atoms with van der Waals surface area (Å²) in [6.45, 7) is 2.36. The van der Waals surface area contributed by atoms with Crippen molar-refractivity contribution in [1.82, 2.24) is 0 Å². The molecule has 4 nitrogen and oxygen atoms in total. The van der Waals surface area contributed by atoms with Gasteiger partial charge in [0.25, 0.3) is 0 Å². The number of carbonyl (C=O) groups is 1. The molecule has 0 spiro atoms. The largest absolute Gasteiger partial charge is 0.772 e. The average Bonchev–Trinajstić information content (AvgIpc) is 3.07. The molecule has 4 rings (SSSR count). The number of nitrogens with zero attached hydrogens (tertiary/aromatic N) is 1. The fraction of sp³-hybridized carbons (Fsp3) is 0.208. The van der Waals surface area contributed by atoms with Crippen LogP contribution in [0.5, 0.6) is 0 Å². The van der Waals surface area contributed by atoms with Crippen LogP contribution in [0, 0.1) is 12.7 Å². The molecule has 1 heterocycles. The zero-order valence-electron chi connectivity index (χ0n) is 16.5. The Morgan fingerprint density at radius 1 is 1.03 bits per heavy atom. The van der Waals surface area contributed by atoms with E-state index in [1.807, 2.05) is 55.5 Å². The molecular weight excluding hydrogens is 401 g/mol. The minimum absolute atomic E-state index is 0.0276. The molecule has 1 fully saturated rings. The standard InChI is InChI=1S/C24H22FNO3S/c1-16-13-18(7-8-19(16)15-30(28)29)22-14-26(21-11-9-20(25)10-12-21)24(27)23(22)17-5-3-2-4-6-17/h2-13,22-23H,14-15H2,1H3,(H,28,29)/p-1. The number of aryl methyl sites for hydroxylation is 1. The van der Waals surface area contributed by atoms with Crippen molar-refractivity contribution in [1.29, 1.82) is 0 Å². The number of carbonyl (C=O) groups excluding carboxylic acids is 1. The second-order valence-electron chi connectivity index (χ2n) is 7.55. The molecule has 3 unspecified atom stereocenters. The first-order valence-electron chi connectivity index (χ1n) is 9.71. The SMILES string of the molecule is Cc1cc(C2CN(c3ccc(F)cc3)C(=O)C2c2ccccc2)ccc1CS(=O)[O-]. The zero-order valence-corrected chi connectivity index (χ0v) is 17.3. The van der Waals surface area contributed by atoms with Crippen LogP contribution in [0.1, 0.15) is 34.1 Å². The number of halogens is 1. The summed E-state index contributed by atoms with van der Waals surface area (Å²) in [5, 5.41) is 0. The Balaban J connectivity index is 1.74. The Kier molecular flexibility index (Phi) is 5.79. The van der Waals surface area contributed by atoms with Crippen LogP contribution < -0.4 is 4.90 Å². The molecule has 0 saturated carbocycles. The maximum Gasteiger partial charge on any atom is 0.235 e. The van der Waals surface area contributed by atoms with Gasteiger partial charge in [0, 0.05) is 23.9 Å². The summed E-state index contributed by atoms with van der Waals surface area (Å²) in [6.07, 6.45) is 0. The molecule has 3 atom stereocenters. The third-order valence-corrected chi connectivity index (χ3v) is 6.23. The predicted octanol–water partition coefficient (Wildman–Crippen LogP) is 4.43. The van der Waals surface area contributed by atoms with Crippen molar-refractivity contribution in [3.8, 4) is 0 Å². The van der Waals surface area contributed by atoms with Gasteiger partial charge in [-0.3, -0.25) is 9.00 Å². The Morgan fingerprint density at radius 3 is 2.37 bits per heavy atom. The predicted molar refractivity (Wildman–Crippen MR) is 114 cm³/mol. The van der Waals surface area contributed by atoms with Gasteiger partial charge in [-0.25, -0.2) is 4.39 Å². The summed E-state index contributed by atoms with van der Waals surface area (Å²) in [7, 11) is 0. The van der Waals surface area contributed by atoms with Crippen molar-refractivity contribution in [3.05, 3.63) is 101 Å². The van der Waals surface area contributed by atoms with E-state index in [0.717, 1.165) is 22.3 Å². The van der Waals surface area contributed by atoms with Crippen molar-refractivity contribution in [3.63, 3.8) is 0 Å². The number of rotatable bonds is 5. The van der Waals surface area contributed by atoms with Gasteiger partial charge in [0.2, 0.25) is 5.91 Å². The van der Waals surface area contributed by atoms with Gasteiger partial charge in [-0.15, -0.1) is 0 Å². The Labute approximate surface area is 177 Å². The van der Waals surface area contributed by atoms with Gasteiger partial charge in [-0.1, -0.05) is 59.6 Å². The summed E-state index contributed by atoms with van der Waals surface area (Å²) < 4.78 is 35.6. The third-order valence-electron chi connectivity index (χ3n) is 5.68. The molecule has 0 aromatic heterocycles. The Hall–Kier alpha value is -2.83. The van der Waals surface area contributed by atoms with Crippen LogP contribution in [-0.4, -0.2) is 21.2 Å². The van der Waals surface area contributed by atoms with E-state index in [0.29, 0.717) is 12.2 Å². The highest BCUT2D eigenvalue weighted by Crippen LogP contribution is 2.42. The molecular formula is C24H21FNO3S-. The molecule has 1 aliphatic heterocycles. The molecule has 0 bridgehead atoms. The lowest BCUT2D eigenvalue weighted by Crippen LogP contribution is -2.26. The van der Waals surface area contributed by atoms with Crippen LogP contribution in [0.4, 0.5) is 10.1 Å². The van der Waals surface area contributed by atoms with Gasteiger partial charge in [-0.2, -0.15) is 0 Å². The van der Waals surface area contributed by atoms with E-state index in [9.17, 15) is 17.9 Å². The maximum absolute atomic E-state index is 13.4. The molecule has 1 amide bonds. The molecule has 3 aromatic rings. The average molecular weight is 423 g/mol. The minimum Gasteiger partial charge on any atom is -0.772 e. The third kappa shape index (κ3) is 4.06. The highest BCUT2D eigenvalue weighted by molar-refractivity contribution is 7.78. The summed E-state index contributed by atoms with van der Waals surface area (Å²) in [6, 6.07) is 21.3. The van der Waals surface area contributed by atoms with Crippen LogP contribution in [0.25, 0.3) is 0 Å². The lowest BCUT2D eigenvalue weighted by molar-refractivity contribution is -0.118. The lowest BCUT2D eigenvalue weighted by atomic mass is 9.83. The number of hydrogen-bond acceptors (Lipinski definition) is 3. The molecule has 6 heteroatoms. The molecule has 0 radical (unpaired) electrons. The molecule has 30 heavy (non-hydrogen) atoms. The van der Waals surface area contributed by atoms with Crippen LogP contribution in [0.15, 0.2) is 72.8 Å². The van der Waals surface area contributed by atoms with Gasteiger partial charge in [0.1, 0.15) is 5.82 Å². The summed E-state index contributed by atoms with van der Waals surface area (Å²) >= 11 is -2.15. The minimum atomic E-state index is -2.15. The first-order chi connectivity index (χ1) is 14.4.